The lowest BCUT2D eigenvalue weighted by Gasteiger charge is -2.12. The largest absolute Gasteiger partial charge is 0.370 e. The van der Waals surface area contributed by atoms with Gasteiger partial charge < -0.3 is 15.8 Å². The molecule has 0 aromatic carbocycles. The number of carbonyl (C=O) groups excluding carboxylic acids is 1. The second kappa shape index (κ2) is 5.59. The SMILES string of the molecule is COC(CN)C(=O)Nc1cc(Cl)ncn1. The van der Waals surface area contributed by atoms with Gasteiger partial charge in [0.05, 0.1) is 0 Å². The van der Waals surface area contributed by atoms with Gasteiger partial charge in [0, 0.05) is 19.7 Å². The highest BCUT2D eigenvalue weighted by molar-refractivity contribution is 6.29. The van der Waals surface area contributed by atoms with Gasteiger partial charge in [-0.1, -0.05) is 11.6 Å². The van der Waals surface area contributed by atoms with Crippen LogP contribution in [0.2, 0.25) is 5.15 Å². The molecule has 0 radical (unpaired) electrons. The third-order valence-corrected chi connectivity index (χ3v) is 1.88. The topological polar surface area (TPSA) is 90.1 Å². The van der Waals surface area contributed by atoms with Crippen LogP contribution in [0, 0.1) is 0 Å². The van der Waals surface area contributed by atoms with E-state index in [-0.39, 0.29) is 17.6 Å². The van der Waals surface area contributed by atoms with Gasteiger partial charge in [-0.25, -0.2) is 9.97 Å². The molecule has 3 N–H and O–H groups in total. The average Bonchev–Trinajstić information content (AvgIpc) is 2.19. The zero-order chi connectivity index (χ0) is 11.3. The van der Waals surface area contributed by atoms with Crippen molar-refractivity contribution in [1.29, 1.82) is 0 Å². The third kappa shape index (κ3) is 3.43. The fourth-order valence-electron chi connectivity index (χ4n) is 0.919. The number of methoxy groups -OCH3 is 1. The summed E-state index contributed by atoms with van der Waals surface area (Å²) in [5.74, 6) is -0.0507. The van der Waals surface area contributed by atoms with Crippen molar-refractivity contribution in [1.82, 2.24) is 9.97 Å². The van der Waals surface area contributed by atoms with Crippen molar-refractivity contribution in [2.24, 2.45) is 5.73 Å². The Balaban J connectivity index is 2.65. The van der Waals surface area contributed by atoms with Crippen molar-refractivity contribution >= 4 is 23.3 Å². The summed E-state index contributed by atoms with van der Waals surface area (Å²) in [4.78, 5) is 19.0. The summed E-state index contributed by atoms with van der Waals surface area (Å²) in [6, 6.07) is 1.43. The third-order valence-electron chi connectivity index (χ3n) is 1.68. The molecule has 15 heavy (non-hydrogen) atoms. The quantitative estimate of drug-likeness (QED) is 0.713. The van der Waals surface area contributed by atoms with Crippen LogP contribution in [-0.4, -0.2) is 35.6 Å². The van der Waals surface area contributed by atoms with Gasteiger partial charge in [0.25, 0.3) is 5.91 Å². The van der Waals surface area contributed by atoms with E-state index in [1.165, 1.54) is 19.5 Å². The van der Waals surface area contributed by atoms with E-state index in [1.807, 2.05) is 0 Å². The van der Waals surface area contributed by atoms with Gasteiger partial charge in [-0.05, 0) is 0 Å². The molecule has 7 heteroatoms. The molecule has 0 aliphatic carbocycles. The zero-order valence-electron chi connectivity index (χ0n) is 8.11. The predicted octanol–water partition coefficient (Wildman–Crippen LogP) is 0.0422. The predicted molar refractivity (Wildman–Crippen MR) is 55.5 cm³/mol. The minimum Gasteiger partial charge on any atom is -0.370 e. The van der Waals surface area contributed by atoms with Gasteiger partial charge in [-0.3, -0.25) is 4.79 Å². The van der Waals surface area contributed by atoms with Crippen LogP contribution in [0.3, 0.4) is 0 Å². The first-order chi connectivity index (χ1) is 7.17. The van der Waals surface area contributed by atoms with Gasteiger partial charge >= 0.3 is 0 Å². The van der Waals surface area contributed by atoms with Gasteiger partial charge in [0.2, 0.25) is 0 Å². The summed E-state index contributed by atoms with van der Waals surface area (Å²) in [5, 5.41) is 2.76. The first-order valence-electron chi connectivity index (χ1n) is 4.18. The summed E-state index contributed by atoms with van der Waals surface area (Å²) in [5.41, 5.74) is 5.32. The number of aromatic nitrogens is 2. The lowest BCUT2D eigenvalue weighted by Crippen LogP contribution is -2.36. The van der Waals surface area contributed by atoms with E-state index in [0.717, 1.165) is 0 Å². The normalized spacial score (nSPS) is 12.2. The number of amides is 1. The number of nitrogens with two attached hydrogens (primary N) is 1. The fraction of sp³-hybridized carbons (Fsp3) is 0.375. The smallest absolute Gasteiger partial charge is 0.255 e. The van der Waals surface area contributed by atoms with Crippen LogP contribution in [0.15, 0.2) is 12.4 Å². The van der Waals surface area contributed by atoms with Crippen molar-refractivity contribution in [2.45, 2.75) is 6.10 Å². The molecule has 1 heterocycles. The van der Waals surface area contributed by atoms with Crippen LogP contribution in [-0.2, 0) is 9.53 Å². The average molecular weight is 231 g/mol. The van der Waals surface area contributed by atoms with Crippen molar-refractivity contribution in [3.05, 3.63) is 17.5 Å². The van der Waals surface area contributed by atoms with Gasteiger partial charge in [-0.15, -0.1) is 0 Å². The highest BCUT2D eigenvalue weighted by Gasteiger charge is 2.16. The van der Waals surface area contributed by atoms with Crippen molar-refractivity contribution in [3.63, 3.8) is 0 Å². The molecule has 0 saturated heterocycles. The van der Waals surface area contributed by atoms with E-state index in [9.17, 15) is 4.79 Å². The van der Waals surface area contributed by atoms with Crippen molar-refractivity contribution < 1.29 is 9.53 Å². The Labute approximate surface area is 91.8 Å². The zero-order valence-corrected chi connectivity index (χ0v) is 8.86. The van der Waals surface area contributed by atoms with Crippen LogP contribution in [0.25, 0.3) is 0 Å². The number of hydrogen-bond acceptors (Lipinski definition) is 5. The minimum atomic E-state index is -0.696. The van der Waals surface area contributed by atoms with Crippen LogP contribution in [0.5, 0.6) is 0 Å². The summed E-state index contributed by atoms with van der Waals surface area (Å²) < 4.78 is 4.85. The number of rotatable bonds is 4. The molecule has 1 amide bonds. The molecule has 0 aliphatic heterocycles. The number of carbonyl (C=O) groups is 1. The Morgan fingerprint density at radius 1 is 1.73 bits per heavy atom. The van der Waals surface area contributed by atoms with Gasteiger partial charge in [0.1, 0.15) is 23.4 Å². The van der Waals surface area contributed by atoms with E-state index in [1.54, 1.807) is 0 Å². The van der Waals surface area contributed by atoms with E-state index in [4.69, 9.17) is 22.1 Å². The van der Waals surface area contributed by atoms with E-state index in [0.29, 0.717) is 5.82 Å². The first kappa shape index (κ1) is 11.8. The minimum absolute atomic E-state index is 0.0984. The van der Waals surface area contributed by atoms with Crippen LogP contribution < -0.4 is 11.1 Å². The van der Waals surface area contributed by atoms with E-state index >= 15 is 0 Å². The Morgan fingerprint density at radius 2 is 2.47 bits per heavy atom. The number of halogens is 1. The van der Waals surface area contributed by atoms with Crippen molar-refractivity contribution in [3.8, 4) is 0 Å². The molecule has 6 nitrogen and oxygen atoms in total. The summed E-state index contributed by atoms with van der Waals surface area (Å²) >= 11 is 5.62. The highest BCUT2D eigenvalue weighted by Crippen LogP contribution is 2.08. The number of ether oxygens (including phenoxy) is 1. The number of anilines is 1. The molecular formula is C8H11ClN4O2. The summed E-state index contributed by atoms with van der Waals surface area (Å²) in [6.45, 7) is 0.0984. The lowest BCUT2D eigenvalue weighted by atomic mass is 10.3. The second-order valence-corrected chi connectivity index (χ2v) is 3.06. The molecule has 0 fully saturated rings. The number of nitrogens with one attached hydrogen (secondary N) is 1. The standard InChI is InChI=1S/C8H11ClN4O2/c1-15-5(3-10)8(14)13-7-2-6(9)11-4-12-7/h2,4-5H,3,10H2,1H3,(H,11,12,13,14). The molecule has 0 bridgehead atoms. The van der Waals surface area contributed by atoms with E-state index in [2.05, 4.69) is 15.3 Å². The fourth-order valence-corrected chi connectivity index (χ4v) is 1.07. The maximum absolute atomic E-state index is 11.5. The summed E-state index contributed by atoms with van der Waals surface area (Å²) in [6.07, 6.45) is 0.557. The Bertz CT molecular complexity index is 343. The molecule has 1 atom stereocenters. The van der Waals surface area contributed by atoms with Crippen LogP contribution in [0.4, 0.5) is 5.82 Å². The Kier molecular flexibility index (Phi) is 4.41. The Morgan fingerprint density at radius 3 is 3.00 bits per heavy atom. The second-order valence-electron chi connectivity index (χ2n) is 2.68. The number of hydrogen-bond donors (Lipinski definition) is 2. The molecule has 0 spiro atoms. The number of nitrogens with zero attached hydrogens (tertiary/aromatic N) is 2. The first-order valence-corrected chi connectivity index (χ1v) is 4.56. The van der Waals surface area contributed by atoms with Gasteiger partial charge in [0.15, 0.2) is 0 Å². The lowest BCUT2D eigenvalue weighted by molar-refractivity contribution is -0.125. The van der Waals surface area contributed by atoms with E-state index < -0.39 is 6.10 Å². The Hall–Kier alpha value is -1.24. The molecule has 1 aromatic heterocycles. The monoisotopic (exact) mass is 230 g/mol. The molecule has 1 aromatic rings. The van der Waals surface area contributed by atoms with Crippen LogP contribution in [0.1, 0.15) is 0 Å². The highest BCUT2D eigenvalue weighted by atomic mass is 35.5. The molecule has 82 valence electrons. The molecule has 1 unspecified atom stereocenters. The molecule has 0 aliphatic rings. The van der Waals surface area contributed by atoms with Crippen molar-refractivity contribution in [2.75, 3.05) is 19.0 Å². The maximum atomic E-state index is 11.5. The van der Waals surface area contributed by atoms with Crippen LogP contribution >= 0.6 is 11.6 Å². The molecule has 0 saturated carbocycles. The molecule has 1 rings (SSSR count). The molecular weight excluding hydrogens is 220 g/mol. The maximum Gasteiger partial charge on any atom is 0.255 e. The van der Waals surface area contributed by atoms with Gasteiger partial charge in [-0.2, -0.15) is 0 Å². The summed E-state index contributed by atoms with van der Waals surface area (Å²) in [7, 11) is 1.41.